The monoisotopic (exact) mass is 323 g/mol. The van der Waals surface area contributed by atoms with Gasteiger partial charge < -0.3 is 26.1 Å². The van der Waals surface area contributed by atoms with Gasteiger partial charge in [0.25, 0.3) is 0 Å². The van der Waals surface area contributed by atoms with Gasteiger partial charge in [0, 0.05) is 12.2 Å². The van der Waals surface area contributed by atoms with Crippen LogP contribution in [0.5, 0.6) is 0 Å². The second-order valence-corrected chi connectivity index (χ2v) is 4.34. The minimum Gasteiger partial charge on any atom is -0.480 e. The number of rotatable bonds is 10. The highest BCUT2D eigenvalue weighted by Crippen LogP contribution is 1.99. The number of carbonyl (C=O) groups excluding carboxylic acids is 2. The summed E-state index contributed by atoms with van der Waals surface area (Å²) in [6.07, 6.45) is -0.436. The summed E-state index contributed by atoms with van der Waals surface area (Å²) in [6.45, 7) is -0.589. The van der Waals surface area contributed by atoms with E-state index < -0.39 is 42.4 Å². The number of aliphatic carboxylic acids is 2. The summed E-state index contributed by atoms with van der Waals surface area (Å²) in [4.78, 5) is 44.0. The van der Waals surface area contributed by atoms with Crippen molar-refractivity contribution in [2.75, 3.05) is 12.3 Å². The van der Waals surface area contributed by atoms with Crippen LogP contribution in [0.25, 0.3) is 0 Å². The highest BCUT2D eigenvalue weighted by molar-refractivity contribution is 7.80. The number of carbonyl (C=O) groups is 4. The summed E-state index contributed by atoms with van der Waals surface area (Å²) in [5.74, 6) is -3.95. The van der Waals surface area contributed by atoms with Crippen LogP contribution in [0, 0.1) is 0 Å². The molecule has 21 heavy (non-hydrogen) atoms. The molecule has 0 aliphatic heterocycles. The maximum Gasteiger partial charge on any atom is 0.323 e. The average molecular weight is 323 g/mol. The fourth-order valence-electron chi connectivity index (χ4n) is 1.27. The van der Waals surface area contributed by atoms with E-state index in [0.29, 0.717) is 0 Å². The molecular formula is C10H17N3O7S. The lowest BCUT2D eigenvalue weighted by Gasteiger charge is -2.16. The molecule has 0 radical (unpaired) electrons. The Kier molecular flexibility index (Phi) is 9.08. The van der Waals surface area contributed by atoms with Crippen molar-refractivity contribution < 1.29 is 34.6 Å². The zero-order valence-corrected chi connectivity index (χ0v) is 11.8. The molecule has 0 rings (SSSR count). The van der Waals surface area contributed by atoms with Crippen LogP contribution in [0.3, 0.4) is 0 Å². The van der Waals surface area contributed by atoms with E-state index in [0.717, 1.165) is 0 Å². The first-order valence-electron chi connectivity index (χ1n) is 5.84. The molecule has 0 saturated carbocycles. The van der Waals surface area contributed by atoms with Crippen molar-refractivity contribution in [3.05, 3.63) is 0 Å². The SMILES string of the molecule is O=C(O)CNC(=O)[C@H](CS)NC(=O)CC[C@H](NO)C(=O)O. The number of carboxylic acids is 2. The van der Waals surface area contributed by atoms with Gasteiger partial charge in [-0.3, -0.25) is 19.2 Å². The van der Waals surface area contributed by atoms with Gasteiger partial charge in [0.05, 0.1) is 0 Å². The highest BCUT2D eigenvalue weighted by atomic mass is 32.1. The Morgan fingerprint density at radius 2 is 1.71 bits per heavy atom. The Bertz CT molecular complexity index is 404. The summed E-state index contributed by atoms with van der Waals surface area (Å²) in [5, 5.41) is 30.0. The predicted octanol–water partition coefficient (Wildman–Crippen LogP) is -2.19. The number of hydrogen-bond acceptors (Lipinski definition) is 7. The van der Waals surface area contributed by atoms with Gasteiger partial charge in [-0.2, -0.15) is 18.1 Å². The molecule has 2 amide bonds. The Morgan fingerprint density at radius 3 is 2.14 bits per heavy atom. The van der Waals surface area contributed by atoms with Gasteiger partial charge in [-0.05, 0) is 6.42 Å². The summed E-state index contributed by atoms with van der Waals surface area (Å²) in [5.41, 5.74) is 1.54. The average Bonchev–Trinajstić information content (AvgIpc) is 2.42. The van der Waals surface area contributed by atoms with Crippen molar-refractivity contribution in [1.82, 2.24) is 16.1 Å². The summed E-state index contributed by atoms with van der Waals surface area (Å²) < 4.78 is 0. The van der Waals surface area contributed by atoms with Gasteiger partial charge in [0.2, 0.25) is 11.8 Å². The molecule has 0 aromatic heterocycles. The first kappa shape index (κ1) is 19.1. The Labute approximate surface area is 125 Å². The number of amides is 2. The van der Waals surface area contributed by atoms with Gasteiger partial charge in [0.15, 0.2) is 0 Å². The molecule has 0 unspecified atom stereocenters. The fourth-order valence-corrected chi connectivity index (χ4v) is 1.52. The van der Waals surface area contributed by atoms with Gasteiger partial charge >= 0.3 is 11.9 Å². The first-order chi connectivity index (χ1) is 9.81. The van der Waals surface area contributed by atoms with Crippen molar-refractivity contribution in [3.8, 4) is 0 Å². The zero-order chi connectivity index (χ0) is 16.4. The molecule has 0 spiro atoms. The third-order valence-electron chi connectivity index (χ3n) is 2.36. The standard InChI is InChI=1S/C10H17N3O7S/c14-7(2-1-5(13-20)10(18)19)12-6(4-21)9(17)11-3-8(15)16/h5-6,13,20-21H,1-4H2,(H,11,17)(H,12,14)(H,15,16)(H,18,19)/t5-,6-/m0/s1. The van der Waals surface area contributed by atoms with Crippen molar-refractivity contribution >= 4 is 36.4 Å². The Balaban J connectivity index is 4.29. The van der Waals surface area contributed by atoms with Crippen LogP contribution in [0.1, 0.15) is 12.8 Å². The molecule has 0 fully saturated rings. The van der Waals surface area contributed by atoms with E-state index in [4.69, 9.17) is 15.4 Å². The second-order valence-electron chi connectivity index (χ2n) is 3.97. The fraction of sp³-hybridized carbons (Fsp3) is 0.600. The van der Waals surface area contributed by atoms with Crippen molar-refractivity contribution in [1.29, 1.82) is 0 Å². The third-order valence-corrected chi connectivity index (χ3v) is 2.73. The quantitative estimate of drug-likeness (QED) is 0.176. The van der Waals surface area contributed by atoms with Crippen LogP contribution >= 0.6 is 12.6 Å². The second kappa shape index (κ2) is 9.96. The van der Waals surface area contributed by atoms with E-state index in [1.165, 1.54) is 0 Å². The smallest absolute Gasteiger partial charge is 0.323 e. The molecule has 2 atom stereocenters. The number of hydroxylamine groups is 1. The number of nitrogens with one attached hydrogen (secondary N) is 3. The first-order valence-corrected chi connectivity index (χ1v) is 6.47. The van der Waals surface area contributed by atoms with E-state index >= 15 is 0 Å². The van der Waals surface area contributed by atoms with E-state index in [1.807, 2.05) is 0 Å². The molecule has 0 aliphatic rings. The summed E-state index contributed by atoms with van der Waals surface area (Å²) in [7, 11) is 0. The highest BCUT2D eigenvalue weighted by Gasteiger charge is 2.22. The van der Waals surface area contributed by atoms with E-state index in [9.17, 15) is 19.2 Å². The van der Waals surface area contributed by atoms with Crippen molar-refractivity contribution in [2.24, 2.45) is 0 Å². The van der Waals surface area contributed by atoms with Gasteiger partial charge in [0.1, 0.15) is 18.6 Å². The maximum absolute atomic E-state index is 11.6. The van der Waals surface area contributed by atoms with Crippen LogP contribution in [-0.4, -0.2) is 63.6 Å². The molecule has 0 aromatic rings. The number of hydrogen-bond donors (Lipinski definition) is 7. The maximum atomic E-state index is 11.6. The van der Waals surface area contributed by atoms with Crippen LogP contribution < -0.4 is 16.1 Å². The number of carboxylic acid groups (broad SMARTS) is 2. The molecule has 0 heterocycles. The summed E-state index contributed by atoms with van der Waals surface area (Å²) >= 11 is 3.86. The molecule has 6 N–H and O–H groups in total. The largest absolute Gasteiger partial charge is 0.480 e. The minimum atomic E-state index is -1.32. The van der Waals surface area contributed by atoms with Crippen molar-refractivity contribution in [3.63, 3.8) is 0 Å². The van der Waals surface area contributed by atoms with Gasteiger partial charge in [-0.25, -0.2) is 0 Å². The van der Waals surface area contributed by atoms with E-state index in [2.05, 4.69) is 23.3 Å². The lowest BCUT2D eigenvalue weighted by atomic mass is 10.1. The Morgan fingerprint density at radius 1 is 1.10 bits per heavy atom. The molecular weight excluding hydrogens is 306 g/mol. The van der Waals surface area contributed by atoms with Crippen molar-refractivity contribution in [2.45, 2.75) is 24.9 Å². The van der Waals surface area contributed by atoms with Crippen LogP contribution in [0.4, 0.5) is 0 Å². The van der Waals surface area contributed by atoms with E-state index in [1.54, 1.807) is 5.48 Å². The van der Waals surface area contributed by atoms with Gasteiger partial charge in [-0.1, -0.05) is 0 Å². The molecule has 0 aromatic carbocycles. The molecule has 120 valence electrons. The van der Waals surface area contributed by atoms with Crippen LogP contribution in [0.2, 0.25) is 0 Å². The van der Waals surface area contributed by atoms with Crippen LogP contribution in [-0.2, 0) is 19.2 Å². The summed E-state index contributed by atoms with van der Waals surface area (Å²) in [6, 6.07) is -2.34. The molecule has 0 bridgehead atoms. The van der Waals surface area contributed by atoms with E-state index in [-0.39, 0.29) is 18.6 Å². The number of thiol groups is 1. The van der Waals surface area contributed by atoms with Gasteiger partial charge in [-0.15, -0.1) is 0 Å². The Hall–Kier alpha value is -1.85. The predicted molar refractivity (Wildman–Crippen MR) is 72.0 cm³/mol. The minimum absolute atomic E-state index is 0.0577. The topological polar surface area (TPSA) is 165 Å². The normalized spacial score (nSPS) is 13.0. The molecule has 0 aliphatic carbocycles. The lowest BCUT2D eigenvalue weighted by Crippen LogP contribution is -2.49. The molecule has 11 heteroatoms. The molecule has 0 saturated heterocycles. The van der Waals surface area contributed by atoms with Crippen LogP contribution in [0.15, 0.2) is 0 Å². The zero-order valence-electron chi connectivity index (χ0n) is 10.9. The molecule has 10 nitrogen and oxygen atoms in total. The third kappa shape index (κ3) is 8.12. The lowest BCUT2D eigenvalue weighted by molar-refractivity contribution is -0.142.